The van der Waals surface area contributed by atoms with Gasteiger partial charge in [0.05, 0.1) is 24.3 Å². The minimum Gasteiger partial charge on any atom is -0.507 e. The first-order valence-electron chi connectivity index (χ1n) is 12.9. The summed E-state index contributed by atoms with van der Waals surface area (Å²) in [6.45, 7) is 7.87. The number of rotatable bonds is 9. The van der Waals surface area contributed by atoms with Crippen molar-refractivity contribution in [2.45, 2.75) is 46.3 Å². The Morgan fingerprint density at radius 3 is 2.38 bits per heavy atom. The minimum atomic E-state index is -0.933. The highest BCUT2D eigenvalue weighted by molar-refractivity contribution is 6.46. The quantitative estimate of drug-likeness (QED) is 0.208. The van der Waals surface area contributed by atoms with Crippen LogP contribution in [0, 0.1) is 12.7 Å². The SMILES string of the molecule is CCOc1cc(C2/C(=C(/O)c3ccc(OC(C)C)c(C)c3)C(=O)C(=O)N2CCc2ccc(F)cc2)ccc1O. The van der Waals surface area contributed by atoms with Gasteiger partial charge >= 0.3 is 0 Å². The van der Waals surface area contributed by atoms with Gasteiger partial charge in [0, 0.05) is 12.1 Å². The molecule has 0 bridgehead atoms. The molecule has 1 atom stereocenters. The molecule has 2 N–H and O–H groups in total. The second-order valence-corrected chi connectivity index (χ2v) is 9.68. The van der Waals surface area contributed by atoms with Crippen molar-refractivity contribution < 1.29 is 33.7 Å². The number of carbonyl (C=O) groups excluding carboxylic acids is 2. The number of likely N-dealkylation sites (tertiary alicyclic amines) is 1. The molecule has 204 valence electrons. The molecule has 0 radical (unpaired) electrons. The second-order valence-electron chi connectivity index (χ2n) is 9.68. The predicted octanol–water partition coefficient (Wildman–Crippen LogP) is 5.69. The largest absolute Gasteiger partial charge is 0.507 e. The summed E-state index contributed by atoms with van der Waals surface area (Å²) in [5.74, 6) is -1.49. The normalized spacial score (nSPS) is 16.7. The summed E-state index contributed by atoms with van der Waals surface area (Å²) in [4.78, 5) is 28.1. The number of hydrogen-bond acceptors (Lipinski definition) is 6. The molecule has 1 aliphatic rings. The highest BCUT2D eigenvalue weighted by atomic mass is 19.1. The van der Waals surface area contributed by atoms with E-state index < -0.39 is 17.7 Å². The van der Waals surface area contributed by atoms with Gasteiger partial charge in [-0.2, -0.15) is 0 Å². The summed E-state index contributed by atoms with van der Waals surface area (Å²) < 4.78 is 24.7. The highest BCUT2D eigenvalue weighted by Crippen LogP contribution is 2.42. The van der Waals surface area contributed by atoms with E-state index in [0.717, 1.165) is 11.1 Å². The van der Waals surface area contributed by atoms with Crippen LogP contribution in [0.25, 0.3) is 5.76 Å². The van der Waals surface area contributed by atoms with Crippen molar-refractivity contribution >= 4 is 17.4 Å². The summed E-state index contributed by atoms with van der Waals surface area (Å²) in [5, 5.41) is 21.7. The molecule has 7 nitrogen and oxygen atoms in total. The van der Waals surface area contributed by atoms with Crippen LogP contribution in [0.2, 0.25) is 0 Å². The Hall–Kier alpha value is -4.33. The van der Waals surface area contributed by atoms with Gasteiger partial charge in [-0.05, 0) is 93.3 Å². The number of aliphatic hydroxyl groups excluding tert-OH is 1. The number of halogens is 1. The van der Waals surface area contributed by atoms with Crippen LogP contribution < -0.4 is 9.47 Å². The van der Waals surface area contributed by atoms with Crippen molar-refractivity contribution in [1.29, 1.82) is 0 Å². The summed E-state index contributed by atoms with van der Waals surface area (Å²) >= 11 is 0. The Morgan fingerprint density at radius 1 is 1.03 bits per heavy atom. The molecular formula is C31H32FNO6. The van der Waals surface area contributed by atoms with E-state index in [0.29, 0.717) is 29.9 Å². The molecule has 0 aromatic heterocycles. The molecule has 1 amide bonds. The fraction of sp³-hybridized carbons (Fsp3) is 0.290. The fourth-order valence-electron chi connectivity index (χ4n) is 4.67. The van der Waals surface area contributed by atoms with Crippen LogP contribution in [0.1, 0.15) is 49.1 Å². The third-order valence-corrected chi connectivity index (χ3v) is 6.51. The number of benzene rings is 3. The zero-order valence-corrected chi connectivity index (χ0v) is 22.4. The zero-order valence-electron chi connectivity index (χ0n) is 22.4. The van der Waals surface area contributed by atoms with Crippen LogP contribution in [0.5, 0.6) is 17.2 Å². The summed E-state index contributed by atoms with van der Waals surface area (Å²) in [6.07, 6.45) is 0.323. The highest BCUT2D eigenvalue weighted by Gasteiger charge is 2.46. The van der Waals surface area contributed by atoms with Gasteiger partial charge < -0.3 is 24.6 Å². The molecule has 3 aromatic rings. The van der Waals surface area contributed by atoms with Crippen LogP contribution in [-0.2, 0) is 16.0 Å². The Labute approximate surface area is 227 Å². The van der Waals surface area contributed by atoms with Gasteiger partial charge in [0.25, 0.3) is 11.7 Å². The Kier molecular flexibility index (Phi) is 8.24. The van der Waals surface area contributed by atoms with E-state index in [2.05, 4.69) is 0 Å². The molecule has 1 fully saturated rings. The first kappa shape index (κ1) is 27.7. The number of hydrogen-bond donors (Lipinski definition) is 2. The topological polar surface area (TPSA) is 96.3 Å². The first-order chi connectivity index (χ1) is 18.6. The molecule has 0 aliphatic carbocycles. The van der Waals surface area contributed by atoms with Crippen molar-refractivity contribution in [3.8, 4) is 17.2 Å². The lowest BCUT2D eigenvalue weighted by atomic mass is 9.94. The molecule has 39 heavy (non-hydrogen) atoms. The monoisotopic (exact) mass is 533 g/mol. The van der Waals surface area contributed by atoms with Crippen molar-refractivity contribution in [3.05, 3.63) is 94.3 Å². The van der Waals surface area contributed by atoms with E-state index in [1.165, 1.54) is 23.1 Å². The van der Waals surface area contributed by atoms with Gasteiger partial charge in [-0.15, -0.1) is 0 Å². The number of aliphatic hydroxyl groups is 1. The number of aromatic hydroxyl groups is 1. The molecule has 4 rings (SSSR count). The number of nitrogens with zero attached hydrogens (tertiary/aromatic N) is 1. The van der Waals surface area contributed by atoms with Crippen molar-refractivity contribution in [2.24, 2.45) is 0 Å². The molecule has 1 aliphatic heterocycles. The van der Waals surface area contributed by atoms with Gasteiger partial charge in [0.1, 0.15) is 17.3 Å². The van der Waals surface area contributed by atoms with Crippen LogP contribution in [0.4, 0.5) is 4.39 Å². The average molecular weight is 534 g/mol. The van der Waals surface area contributed by atoms with Gasteiger partial charge in [-0.1, -0.05) is 18.2 Å². The smallest absolute Gasteiger partial charge is 0.295 e. The van der Waals surface area contributed by atoms with Gasteiger partial charge in [0.15, 0.2) is 11.5 Å². The number of phenols is 1. The molecular weight excluding hydrogens is 501 g/mol. The van der Waals surface area contributed by atoms with Crippen LogP contribution in [-0.4, -0.2) is 46.1 Å². The Morgan fingerprint density at radius 2 is 1.74 bits per heavy atom. The van der Waals surface area contributed by atoms with Crippen LogP contribution >= 0.6 is 0 Å². The van der Waals surface area contributed by atoms with Gasteiger partial charge in [-0.3, -0.25) is 9.59 Å². The molecule has 1 heterocycles. The Balaban J connectivity index is 1.80. The van der Waals surface area contributed by atoms with E-state index in [1.807, 2.05) is 20.8 Å². The van der Waals surface area contributed by atoms with E-state index in [-0.39, 0.29) is 41.3 Å². The van der Waals surface area contributed by atoms with Crippen LogP contribution in [0.3, 0.4) is 0 Å². The van der Waals surface area contributed by atoms with E-state index >= 15 is 0 Å². The lowest BCUT2D eigenvalue weighted by Crippen LogP contribution is -2.31. The van der Waals surface area contributed by atoms with E-state index in [9.17, 15) is 24.2 Å². The van der Waals surface area contributed by atoms with Crippen LogP contribution in [0.15, 0.2) is 66.2 Å². The standard InChI is InChI=1S/C31H32FNO6/c1-5-38-26-17-21(8-12-24(26)34)28-27(29(35)22-9-13-25(19(4)16-22)39-18(2)3)30(36)31(37)33(28)15-14-20-6-10-23(32)11-7-20/h6-13,16-18,28,34-35H,5,14-15H2,1-4H3/b29-27-. The lowest BCUT2D eigenvalue weighted by molar-refractivity contribution is -0.139. The zero-order chi connectivity index (χ0) is 28.3. The maximum absolute atomic E-state index is 13.4. The third kappa shape index (κ3) is 5.90. The third-order valence-electron chi connectivity index (χ3n) is 6.51. The predicted molar refractivity (Wildman–Crippen MR) is 145 cm³/mol. The Bertz CT molecular complexity index is 1410. The van der Waals surface area contributed by atoms with E-state index in [4.69, 9.17) is 9.47 Å². The number of ether oxygens (including phenoxy) is 2. The number of ketones is 1. The van der Waals surface area contributed by atoms with Crippen molar-refractivity contribution in [2.75, 3.05) is 13.2 Å². The number of carbonyl (C=O) groups is 2. The average Bonchev–Trinajstić information content (AvgIpc) is 3.15. The number of aryl methyl sites for hydroxylation is 1. The minimum absolute atomic E-state index is 0.0383. The maximum atomic E-state index is 13.4. The molecule has 8 heteroatoms. The molecule has 0 saturated carbocycles. The van der Waals surface area contributed by atoms with Crippen molar-refractivity contribution in [3.63, 3.8) is 0 Å². The first-order valence-corrected chi connectivity index (χ1v) is 12.9. The summed E-state index contributed by atoms with van der Waals surface area (Å²) in [6, 6.07) is 14.7. The van der Waals surface area contributed by atoms with Crippen molar-refractivity contribution in [1.82, 2.24) is 4.90 Å². The fourth-order valence-corrected chi connectivity index (χ4v) is 4.67. The van der Waals surface area contributed by atoms with E-state index in [1.54, 1.807) is 49.4 Å². The summed E-state index contributed by atoms with van der Waals surface area (Å²) in [5.41, 5.74) is 2.35. The molecule has 1 unspecified atom stereocenters. The number of Topliss-reactive ketones (excluding diaryl/α,β-unsaturated/α-hetero) is 1. The second kappa shape index (κ2) is 11.6. The van der Waals surface area contributed by atoms with Gasteiger partial charge in [0.2, 0.25) is 0 Å². The maximum Gasteiger partial charge on any atom is 0.295 e. The summed E-state index contributed by atoms with van der Waals surface area (Å²) in [7, 11) is 0. The number of amides is 1. The van der Waals surface area contributed by atoms with Gasteiger partial charge in [-0.25, -0.2) is 4.39 Å². The molecule has 0 spiro atoms. The lowest BCUT2D eigenvalue weighted by Gasteiger charge is -2.26. The number of phenolic OH excluding ortho intramolecular Hbond substituents is 1. The molecule has 1 saturated heterocycles. The molecule has 3 aromatic carbocycles.